The highest BCUT2D eigenvalue weighted by Gasteiger charge is 2.44. The van der Waals surface area contributed by atoms with Crippen molar-refractivity contribution in [3.05, 3.63) is 29.8 Å². The zero-order valence-corrected chi connectivity index (χ0v) is 16.2. The number of carbonyl (C=O) groups is 3. The maximum Gasteiger partial charge on any atom is 0.245 e. The van der Waals surface area contributed by atoms with Crippen LogP contribution in [0.2, 0.25) is 0 Å². The van der Waals surface area contributed by atoms with Gasteiger partial charge in [0.15, 0.2) is 5.78 Å². The second-order valence-electron chi connectivity index (χ2n) is 7.83. The summed E-state index contributed by atoms with van der Waals surface area (Å²) >= 11 is 0. The molecule has 0 saturated carbocycles. The van der Waals surface area contributed by atoms with E-state index in [-0.39, 0.29) is 30.4 Å². The van der Waals surface area contributed by atoms with Crippen molar-refractivity contribution in [1.29, 1.82) is 0 Å². The first-order valence-corrected chi connectivity index (χ1v) is 9.96. The summed E-state index contributed by atoms with van der Waals surface area (Å²) in [7, 11) is 0. The minimum Gasteiger partial charge on any atom is -0.486 e. The molecule has 7 heteroatoms. The molecular weight excluding hydrogens is 360 g/mol. The molecule has 4 rings (SSSR count). The molecule has 7 nitrogen and oxygen atoms in total. The van der Waals surface area contributed by atoms with E-state index in [4.69, 9.17) is 9.47 Å². The van der Waals surface area contributed by atoms with Gasteiger partial charge < -0.3 is 19.3 Å². The van der Waals surface area contributed by atoms with Crippen LogP contribution in [0.5, 0.6) is 5.75 Å². The van der Waals surface area contributed by atoms with Gasteiger partial charge >= 0.3 is 0 Å². The Kier molecular flexibility index (Phi) is 5.10. The van der Waals surface area contributed by atoms with Crippen LogP contribution >= 0.6 is 0 Å². The number of Topliss-reactive ketones (excluding diaryl/α,β-unsaturated/α-hetero) is 1. The summed E-state index contributed by atoms with van der Waals surface area (Å²) < 4.78 is 11.6. The third-order valence-corrected chi connectivity index (χ3v) is 6.07. The number of likely N-dealkylation sites (tertiary alicyclic amines) is 1. The molecule has 0 bridgehead atoms. The lowest BCUT2D eigenvalue weighted by Crippen LogP contribution is -2.52. The van der Waals surface area contributed by atoms with Gasteiger partial charge in [0.1, 0.15) is 17.4 Å². The van der Waals surface area contributed by atoms with E-state index in [0.717, 1.165) is 0 Å². The van der Waals surface area contributed by atoms with Crippen LogP contribution in [-0.4, -0.2) is 71.9 Å². The summed E-state index contributed by atoms with van der Waals surface area (Å²) in [6, 6.07) is 6.75. The third kappa shape index (κ3) is 3.51. The fourth-order valence-corrected chi connectivity index (χ4v) is 4.37. The van der Waals surface area contributed by atoms with Crippen LogP contribution in [0.3, 0.4) is 0 Å². The minimum atomic E-state index is -0.669. The van der Waals surface area contributed by atoms with Crippen LogP contribution in [0, 0.1) is 0 Å². The molecule has 2 amide bonds. The Bertz CT molecular complexity index is 789. The summed E-state index contributed by atoms with van der Waals surface area (Å²) in [6.07, 6.45) is 1.58. The molecule has 28 heavy (non-hydrogen) atoms. The maximum atomic E-state index is 12.8. The lowest BCUT2D eigenvalue weighted by atomic mass is 9.84. The SMILES string of the molecule is C[C@@H](C(=O)N1CCOCC1)N1CC[C@]2(CCC1=O)CC(=O)c1ccccc1O2. The van der Waals surface area contributed by atoms with Crippen molar-refractivity contribution in [2.45, 2.75) is 44.2 Å². The average molecular weight is 386 g/mol. The van der Waals surface area contributed by atoms with E-state index in [9.17, 15) is 14.4 Å². The number of ketones is 1. The fourth-order valence-electron chi connectivity index (χ4n) is 4.37. The molecule has 0 aromatic heterocycles. The van der Waals surface area contributed by atoms with E-state index >= 15 is 0 Å². The van der Waals surface area contributed by atoms with Crippen LogP contribution in [-0.2, 0) is 14.3 Å². The second-order valence-corrected chi connectivity index (χ2v) is 7.83. The van der Waals surface area contributed by atoms with Crippen LogP contribution in [0.25, 0.3) is 0 Å². The lowest BCUT2D eigenvalue weighted by molar-refractivity contribution is -0.147. The van der Waals surface area contributed by atoms with Crippen molar-refractivity contribution in [2.24, 2.45) is 0 Å². The molecular formula is C21H26N2O5. The van der Waals surface area contributed by atoms with Crippen LogP contribution in [0.4, 0.5) is 0 Å². The van der Waals surface area contributed by atoms with Crippen LogP contribution in [0.1, 0.15) is 43.0 Å². The van der Waals surface area contributed by atoms with E-state index in [1.807, 2.05) is 18.2 Å². The monoisotopic (exact) mass is 386 g/mol. The summed E-state index contributed by atoms with van der Waals surface area (Å²) in [5, 5.41) is 0. The Hall–Kier alpha value is -2.41. The van der Waals surface area contributed by atoms with Gasteiger partial charge in [-0.05, 0) is 25.5 Å². The zero-order valence-electron chi connectivity index (χ0n) is 16.2. The number of benzene rings is 1. The summed E-state index contributed by atoms with van der Waals surface area (Å²) in [5.41, 5.74) is -0.0613. The smallest absolute Gasteiger partial charge is 0.245 e. The van der Waals surface area contributed by atoms with Gasteiger partial charge in [-0.2, -0.15) is 0 Å². The third-order valence-electron chi connectivity index (χ3n) is 6.07. The molecule has 3 aliphatic heterocycles. The van der Waals surface area contributed by atoms with Crippen molar-refractivity contribution in [1.82, 2.24) is 9.80 Å². The van der Waals surface area contributed by atoms with Gasteiger partial charge in [0.05, 0.1) is 25.2 Å². The number of ether oxygens (including phenoxy) is 2. The van der Waals surface area contributed by atoms with E-state index < -0.39 is 11.6 Å². The number of hydrogen-bond donors (Lipinski definition) is 0. The van der Waals surface area contributed by atoms with Gasteiger partial charge in [0.2, 0.25) is 11.8 Å². The summed E-state index contributed by atoms with van der Waals surface area (Å²) in [6.45, 7) is 4.38. The van der Waals surface area contributed by atoms with E-state index in [1.54, 1.807) is 22.8 Å². The number of fused-ring (bicyclic) bond motifs is 1. The quantitative estimate of drug-likeness (QED) is 0.773. The first-order chi connectivity index (χ1) is 13.5. The van der Waals surface area contributed by atoms with Gasteiger partial charge in [-0.3, -0.25) is 14.4 Å². The number of rotatable bonds is 2. The van der Waals surface area contributed by atoms with E-state index in [1.165, 1.54) is 0 Å². The highest BCUT2D eigenvalue weighted by Crippen LogP contribution is 2.39. The minimum absolute atomic E-state index is 0.0430. The number of hydrogen-bond acceptors (Lipinski definition) is 5. The lowest BCUT2D eigenvalue weighted by Gasteiger charge is -2.37. The van der Waals surface area contributed by atoms with Gasteiger partial charge in [-0.1, -0.05) is 12.1 Å². The number of morpholine rings is 1. The molecule has 0 N–H and O–H groups in total. The maximum absolute atomic E-state index is 12.8. The molecule has 1 spiro atoms. The summed E-state index contributed by atoms with van der Waals surface area (Å²) in [4.78, 5) is 41.7. The van der Waals surface area contributed by atoms with Crippen molar-refractivity contribution in [3.63, 3.8) is 0 Å². The average Bonchev–Trinajstić information content (AvgIpc) is 2.87. The Morgan fingerprint density at radius 3 is 2.64 bits per heavy atom. The Morgan fingerprint density at radius 1 is 1.11 bits per heavy atom. The molecule has 2 fully saturated rings. The molecule has 2 saturated heterocycles. The Labute approximate surface area is 164 Å². The van der Waals surface area contributed by atoms with E-state index in [2.05, 4.69) is 0 Å². The number of nitrogens with zero attached hydrogens (tertiary/aromatic N) is 2. The topological polar surface area (TPSA) is 76.2 Å². The molecule has 0 unspecified atom stereocenters. The van der Waals surface area contributed by atoms with Crippen molar-refractivity contribution >= 4 is 17.6 Å². The predicted octanol–water partition coefficient (Wildman–Crippen LogP) is 1.65. The van der Waals surface area contributed by atoms with Gasteiger partial charge in [-0.25, -0.2) is 0 Å². The largest absolute Gasteiger partial charge is 0.486 e. The molecule has 0 aliphatic carbocycles. The predicted molar refractivity (Wildman–Crippen MR) is 101 cm³/mol. The van der Waals surface area contributed by atoms with Gasteiger partial charge in [0.25, 0.3) is 0 Å². The first kappa shape index (κ1) is 18.9. The number of amides is 2. The normalized spacial score (nSPS) is 26.5. The van der Waals surface area contributed by atoms with Crippen molar-refractivity contribution < 1.29 is 23.9 Å². The Balaban J connectivity index is 1.49. The number of para-hydroxylation sites is 1. The van der Waals surface area contributed by atoms with Crippen LogP contribution in [0.15, 0.2) is 24.3 Å². The molecule has 1 aromatic carbocycles. The molecule has 3 aliphatic rings. The zero-order chi connectivity index (χ0) is 19.7. The molecule has 1 aromatic rings. The highest BCUT2D eigenvalue weighted by molar-refractivity contribution is 6.00. The van der Waals surface area contributed by atoms with E-state index in [0.29, 0.717) is 57.0 Å². The van der Waals surface area contributed by atoms with Gasteiger partial charge in [0, 0.05) is 32.5 Å². The fraction of sp³-hybridized carbons (Fsp3) is 0.571. The highest BCUT2D eigenvalue weighted by atomic mass is 16.5. The molecule has 2 atom stereocenters. The van der Waals surface area contributed by atoms with Crippen LogP contribution < -0.4 is 4.74 Å². The Morgan fingerprint density at radius 2 is 1.86 bits per heavy atom. The molecule has 150 valence electrons. The standard InChI is InChI=1S/C21H26N2O5/c1-15(20(26)22-10-12-27-13-11-22)23-9-8-21(7-6-19(23)25)14-17(24)16-4-2-3-5-18(16)28-21/h2-5,15H,6-14H2,1H3/t15-,21+/m0/s1. The molecule has 3 heterocycles. The number of carbonyl (C=O) groups excluding carboxylic acids is 3. The van der Waals surface area contributed by atoms with Crippen molar-refractivity contribution in [3.8, 4) is 5.75 Å². The van der Waals surface area contributed by atoms with Crippen molar-refractivity contribution in [2.75, 3.05) is 32.8 Å². The summed E-state index contributed by atoms with van der Waals surface area (Å²) in [5.74, 6) is 0.553. The molecule has 0 radical (unpaired) electrons. The first-order valence-electron chi connectivity index (χ1n) is 9.96. The van der Waals surface area contributed by atoms with Gasteiger partial charge in [-0.15, -0.1) is 0 Å². The second kappa shape index (κ2) is 7.54.